The summed E-state index contributed by atoms with van der Waals surface area (Å²) in [6.45, 7) is 0. The Hall–Kier alpha value is -2.52. The van der Waals surface area contributed by atoms with Gasteiger partial charge >= 0.3 is 17.9 Å². The number of rotatable bonds is 3. The minimum Gasteiger partial charge on any atom is -0.478 e. The number of pyridine rings is 1. The highest BCUT2D eigenvalue weighted by molar-refractivity contribution is 5.96. The SMILES string of the molecule is O.O.O=C(O)c1cc(C(=O)O)nc(C(=O)O)c1. The van der Waals surface area contributed by atoms with Gasteiger partial charge in [0.15, 0.2) is 0 Å². The summed E-state index contributed by atoms with van der Waals surface area (Å²) in [6, 6.07) is 1.58. The van der Waals surface area contributed by atoms with Crippen molar-refractivity contribution in [3.63, 3.8) is 0 Å². The van der Waals surface area contributed by atoms with Crippen LogP contribution in [0.15, 0.2) is 12.1 Å². The molecule has 0 saturated heterocycles. The van der Waals surface area contributed by atoms with Gasteiger partial charge in [-0.05, 0) is 12.1 Å². The Labute approximate surface area is 93.6 Å². The Morgan fingerprint density at radius 2 is 1.18 bits per heavy atom. The number of carboxylic acids is 3. The van der Waals surface area contributed by atoms with E-state index in [-0.39, 0.29) is 11.0 Å². The van der Waals surface area contributed by atoms with Crippen LogP contribution >= 0.6 is 0 Å². The molecule has 9 nitrogen and oxygen atoms in total. The van der Waals surface area contributed by atoms with Crippen molar-refractivity contribution in [1.82, 2.24) is 4.98 Å². The summed E-state index contributed by atoms with van der Waals surface area (Å²) in [4.78, 5) is 34.8. The number of nitrogens with zero attached hydrogens (tertiary/aromatic N) is 1. The molecule has 0 atom stereocenters. The van der Waals surface area contributed by atoms with Crippen LogP contribution in [0.5, 0.6) is 0 Å². The number of hydrogen-bond acceptors (Lipinski definition) is 4. The van der Waals surface area contributed by atoms with Crippen LogP contribution in [-0.4, -0.2) is 49.2 Å². The topological polar surface area (TPSA) is 188 Å². The second-order valence-corrected chi connectivity index (χ2v) is 2.54. The Bertz CT molecular complexity index is 376. The van der Waals surface area contributed by atoms with E-state index in [2.05, 4.69) is 4.98 Å². The molecule has 7 N–H and O–H groups in total. The van der Waals surface area contributed by atoms with Gasteiger partial charge in [0.2, 0.25) is 0 Å². The molecule has 94 valence electrons. The number of hydrogen-bond donors (Lipinski definition) is 3. The van der Waals surface area contributed by atoms with Crippen molar-refractivity contribution in [2.75, 3.05) is 0 Å². The van der Waals surface area contributed by atoms with Crippen molar-refractivity contribution in [2.24, 2.45) is 0 Å². The fraction of sp³-hybridized carbons (Fsp3) is 0. The van der Waals surface area contributed by atoms with Gasteiger partial charge in [0.05, 0.1) is 5.56 Å². The van der Waals surface area contributed by atoms with Gasteiger partial charge in [-0.1, -0.05) is 0 Å². The molecule has 0 radical (unpaired) electrons. The number of carbonyl (C=O) groups is 3. The van der Waals surface area contributed by atoms with Gasteiger partial charge in [0, 0.05) is 0 Å². The predicted molar refractivity (Wildman–Crippen MR) is 52.3 cm³/mol. The lowest BCUT2D eigenvalue weighted by molar-refractivity contribution is 0.0685. The first-order valence-corrected chi connectivity index (χ1v) is 3.64. The lowest BCUT2D eigenvalue weighted by atomic mass is 10.2. The summed E-state index contributed by atoms with van der Waals surface area (Å²) < 4.78 is 0. The van der Waals surface area contributed by atoms with Gasteiger partial charge in [0.25, 0.3) is 0 Å². The molecular formula is C8H9NO8. The second kappa shape index (κ2) is 6.15. The summed E-state index contributed by atoms with van der Waals surface area (Å²) in [7, 11) is 0. The molecule has 0 aliphatic heterocycles. The lowest BCUT2D eigenvalue weighted by Gasteiger charge is -1.99. The van der Waals surface area contributed by atoms with E-state index in [9.17, 15) is 14.4 Å². The maximum Gasteiger partial charge on any atom is 0.354 e. The predicted octanol–water partition coefficient (Wildman–Crippen LogP) is -1.47. The smallest absolute Gasteiger partial charge is 0.354 e. The number of aromatic nitrogens is 1. The molecule has 0 aliphatic carbocycles. The highest BCUT2D eigenvalue weighted by Gasteiger charge is 2.15. The first-order valence-electron chi connectivity index (χ1n) is 3.64. The Morgan fingerprint density at radius 1 is 0.824 bits per heavy atom. The molecule has 0 amide bonds. The molecule has 0 bridgehead atoms. The van der Waals surface area contributed by atoms with Crippen LogP contribution in [0.2, 0.25) is 0 Å². The fourth-order valence-corrected chi connectivity index (χ4v) is 0.873. The van der Waals surface area contributed by atoms with Gasteiger partial charge in [-0.15, -0.1) is 0 Å². The first-order chi connectivity index (χ1) is 6.91. The fourth-order valence-electron chi connectivity index (χ4n) is 0.873. The molecule has 0 aromatic carbocycles. The summed E-state index contributed by atoms with van der Waals surface area (Å²) in [5.41, 5.74) is -1.67. The lowest BCUT2D eigenvalue weighted by Crippen LogP contribution is -2.10. The van der Waals surface area contributed by atoms with Crippen LogP contribution in [0, 0.1) is 0 Å². The van der Waals surface area contributed by atoms with Crippen LogP contribution in [0.3, 0.4) is 0 Å². The molecule has 0 saturated carbocycles. The largest absolute Gasteiger partial charge is 0.478 e. The van der Waals surface area contributed by atoms with Crippen LogP contribution in [0.1, 0.15) is 31.3 Å². The third-order valence-electron chi connectivity index (χ3n) is 1.51. The van der Waals surface area contributed by atoms with Crippen LogP contribution in [0.25, 0.3) is 0 Å². The van der Waals surface area contributed by atoms with Gasteiger partial charge in [0.1, 0.15) is 11.4 Å². The van der Waals surface area contributed by atoms with Gasteiger partial charge in [-0.25, -0.2) is 19.4 Å². The van der Waals surface area contributed by atoms with Crippen molar-refractivity contribution < 1.29 is 40.7 Å². The van der Waals surface area contributed by atoms with Crippen LogP contribution < -0.4 is 0 Å². The van der Waals surface area contributed by atoms with Crippen molar-refractivity contribution in [2.45, 2.75) is 0 Å². The van der Waals surface area contributed by atoms with E-state index < -0.39 is 34.9 Å². The normalized spacial score (nSPS) is 8.47. The number of carboxylic acid groups (broad SMARTS) is 3. The van der Waals surface area contributed by atoms with Crippen molar-refractivity contribution in [3.8, 4) is 0 Å². The standard InChI is InChI=1S/C8H5NO6.2H2O/c10-6(11)3-1-4(7(12)13)9-5(2-3)8(14)15;;/h1-2H,(H,10,11)(H,12,13)(H,14,15);2*1H2. The van der Waals surface area contributed by atoms with E-state index in [0.29, 0.717) is 0 Å². The Balaban J connectivity index is 0. The van der Waals surface area contributed by atoms with Gasteiger partial charge in [-0.2, -0.15) is 0 Å². The highest BCUT2D eigenvalue weighted by Crippen LogP contribution is 2.06. The quantitative estimate of drug-likeness (QED) is 0.580. The van der Waals surface area contributed by atoms with E-state index in [0.717, 1.165) is 12.1 Å². The summed E-state index contributed by atoms with van der Waals surface area (Å²) in [5.74, 6) is -4.39. The molecule has 1 heterocycles. The average molecular weight is 247 g/mol. The minimum absolute atomic E-state index is 0. The molecule has 9 heteroatoms. The highest BCUT2D eigenvalue weighted by atomic mass is 16.4. The third-order valence-corrected chi connectivity index (χ3v) is 1.51. The zero-order chi connectivity index (χ0) is 11.6. The molecule has 1 rings (SSSR count). The minimum atomic E-state index is -1.49. The van der Waals surface area contributed by atoms with Gasteiger partial charge in [-0.3, -0.25) is 0 Å². The maximum absolute atomic E-state index is 10.5. The molecule has 0 aliphatic rings. The van der Waals surface area contributed by atoms with E-state index in [1.165, 1.54) is 0 Å². The summed E-state index contributed by atoms with van der Waals surface area (Å²) in [6.07, 6.45) is 0. The number of aromatic carboxylic acids is 3. The Morgan fingerprint density at radius 3 is 1.41 bits per heavy atom. The van der Waals surface area contributed by atoms with E-state index >= 15 is 0 Å². The maximum atomic E-state index is 10.5. The average Bonchev–Trinajstić information content (AvgIpc) is 2.16. The van der Waals surface area contributed by atoms with E-state index in [1.807, 2.05) is 0 Å². The van der Waals surface area contributed by atoms with Crippen molar-refractivity contribution in [1.29, 1.82) is 0 Å². The molecule has 0 spiro atoms. The zero-order valence-electron chi connectivity index (χ0n) is 8.17. The molecule has 17 heavy (non-hydrogen) atoms. The summed E-state index contributed by atoms with van der Waals surface area (Å²) in [5, 5.41) is 25.7. The molecule has 0 unspecified atom stereocenters. The molecule has 1 aromatic heterocycles. The molecule has 0 fully saturated rings. The van der Waals surface area contributed by atoms with E-state index in [4.69, 9.17) is 15.3 Å². The van der Waals surface area contributed by atoms with Crippen molar-refractivity contribution >= 4 is 17.9 Å². The Kier molecular flexibility index (Phi) is 6.11. The van der Waals surface area contributed by atoms with Crippen LogP contribution in [-0.2, 0) is 0 Å². The monoisotopic (exact) mass is 247 g/mol. The van der Waals surface area contributed by atoms with Crippen molar-refractivity contribution in [3.05, 3.63) is 29.1 Å². The van der Waals surface area contributed by atoms with Crippen LogP contribution in [0.4, 0.5) is 0 Å². The zero-order valence-corrected chi connectivity index (χ0v) is 8.17. The van der Waals surface area contributed by atoms with Gasteiger partial charge < -0.3 is 26.3 Å². The van der Waals surface area contributed by atoms with E-state index in [1.54, 1.807) is 0 Å². The molecule has 1 aromatic rings. The molecular weight excluding hydrogens is 238 g/mol. The third kappa shape index (κ3) is 3.85. The second-order valence-electron chi connectivity index (χ2n) is 2.54. The first kappa shape index (κ1) is 16.9. The summed E-state index contributed by atoms with van der Waals surface area (Å²) >= 11 is 0.